The summed E-state index contributed by atoms with van der Waals surface area (Å²) < 4.78 is 10.8. The number of hydrogen-bond acceptors (Lipinski definition) is 10. The Morgan fingerprint density at radius 2 is 1.39 bits per heavy atom. The van der Waals surface area contributed by atoms with Gasteiger partial charge in [-0.1, -0.05) is 48.5 Å². The zero-order valence-electron chi connectivity index (χ0n) is 26.3. The lowest BCUT2D eigenvalue weighted by atomic mass is 9.80. The average Bonchev–Trinajstić information content (AvgIpc) is 3.06. The van der Waals surface area contributed by atoms with Crippen molar-refractivity contribution in [3.05, 3.63) is 123 Å². The van der Waals surface area contributed by atoms with Crippen molar-refractivity contribution >= 4 is 41.1 Å². The topological polar surface area (TPSA) is 111 Å². The number of nitrogens with one attached hydrogen (secondary N) is 1. The van der Waals surface area contributed by atoms with E-state index in [2.05, 4.69) is 34.5 Å². The second-order valence-corrected chi connectivity index (χ2v) is 13.0. The molecule has 0 fully saturated rings. The van der Waals surface area contributed by atoms with Gasteiger partial charge in [-0.3, -0.25) is 10.1 Å². The fourth-order valence-electron chi connectivity index (χ4n) is 5.28. The number of nitro groups is 1. The zero-order valence-corrected chi connectivity index (χ0v) is 27.9. The van der Waals surface area contributed by atoms with Crippen LogP contribution in [0.1, 0.15) is 31.7 Å². The molecule has 0 saturated heterocycles. The van der Waals surface area contributed by atoms with Crippen molar-refractivity contribution < 1.29 is 24.0 Å². The van der Waals surface area contributed by atoms with Gasteiger partial charge >= 0.3 is 11.9 Å². The van der Waals surface area contributed by atoms with Crippen LogP contribution in [0.3, 0.4) is 0 Å². The van der Waals surface area contributed by atoms with E-state index in [1.54, 1.807) is 26.0 Å². The Hall–Kier alpha value is -4.06. The number of carbonyl (C=O) groups excluding carboxylic acids is 2. The summed E-state index contributed by atoms with van der Waals surface area (Å²) in [6.45, 7) is 6.14. The van der Waals surface area contributed by atoms with Gasteiger partial charge in [0.1, 0.15) is 0 Å². The number of esters is 2. The van der Waals surface area contributed by atoms with E-state index in [9.17, 15) is 19.7 Å². The molecule has 1 aliphatic rings. The maximum atomic E-state index is 13.6. The fourth-order valence-corrected chi connectivity index (χ4v) is 7.15. The number of hydrogen-bond donors (Lipinski definition) is 1. The van der Waals surface area contributed by atoms with Gasteiger partial charge in [0, 0.05) is 64.5 Å². The first-order valence-corrected chi connectivity index (χ1v) is 17.0. The van der Waals surface area contributed by atoms with Crippen LogP contribution in [-0.4, -0.2) is 66.6 Å². The van der Waals surface area contributed by atoms with E-state index in [-0.39, 0.29) is 23.4 Å². The summed E-state index contributed by atoms with van der Waals surface area (Å²) in [7, 11) is 1.26. The Balaban J connectivity index is 1.41. The molecule has 3 aromatic carbocycles. The largest absolute Gasteiger partial charge is 0.466 e. The first-order chi connectivity index (χ1) is 22.3. The molecule has 3 aromatic rings. The van der Waals surface area contributed by atoms with E-state index in [4.69, 9.17) is 9.47 Å². The molecule has 46 heavy (non-hydrogen) atoms. The highest BCUT2D eigenvalue weighted by Gasteiger charge is 2.38. The van der Waals surface area contributed by atoms with Crippen molar-refractivity contribution in [1.29, 1.82) is 0 Å². The molecule has 0 radical (unpaired) electrons. The van der Waals surface area contributed by atoms with Crippen LogP contribution >= 0.6 is 23.5 Å². The van der Waals surface area contributed by atoms with Gasteiger partial charge in [0.15, 0.2) is 0 Å². The first kappa shape index (κ1) is 34.8. The van der Waals surface area contributed by atoms with E-state index in [1.807, 2.05) is 59.9 Å². The van der Waals surface area contributed by atoms with Crippen LogP contribution in [0.2, 0.25) is 0 Å². The predicted molar refractivity (Wildman–Crippen MR) is 183 cm³/mol. The van der Waals surface area contributed by atoms with Crippen molar-refractivity contribution in [2.75, 3.05) is 44.9 Å². The summed E-state index contributed by atoms with van der Waals surface area (Å²) in [4.78, 5) is 42.4. The van der Waals surface area contributed by atoms with Crippen molar-refractivity contribution in [3.8, 4) is 0 Å². The summed E-state index contributed by atoms with van der Waals surface area (Å²) >= 11 is 3.63. The molecule has 0 aliphatic carbocycles. The summed E-state index contributed by atoms with van der Waals surface area (Å²) in [6.07, 6.45) is 0.623. The Morgan fingerprint density at radius 3 is 1.93 bits per heavy atom. The van der Waals surface area contributed by atoms with Crippen LogP contribution in [0, 0.1) is 10.1 Å². The minimum absolute atomic E-state index is 0.140. The second-order valence-electron chi connectivity index (χ2n) is 10.6. The lowest BCUT2D eigenvalue weighted by molar-refractivity contribution is -0.384. The number of carbonyl (C=O) groups is 2. The predicted octanol–water partition coefficient (Wildman–Crippen LogP) is 6.82. The normalized spacial score (nSPS) is 14.7. The van der Waals surface area contributed by atoms with Crippen LogP contribution in [0.4, 0.5) is 5.69 Å². The van der Waals surface area contributed by atoms with Crippen molar-refractivity contribution in [2.24, 2.45) is 0 Å². The van der Waals surface area contributed by atoms with Gasteiger partial charge < -0.3 is 19.7 Å². The molecule has 1 atom stereocenters. The molecule has 0 bridgehead atoms. The lowest BCUT2D eigenvalue weighted by Gasteiger charge is -2.30. The van der Waals surface area contributed by atoms with Crippen LogP contribution in [-0.2, 0) is 19.1 Å². The third-order valence-electron chi connectivity index (χ3n) is 7.49. The smallest absolute Gasteiger partial charge is 0.336 e. The lowest BCUT2D eigenvalue weighted by Crippen LogP contribution is -2.33. The number of nitrogens with zero attached hydrogens (tertiary/aromatic N) is 2. The number of allylic oxidation sites excluding steroid dienone is 2. The Labute approximate surface area is 278 Å². The van der Waals surface area contributed by atoms with E-state index in [0.717, 1.165) is 31.1 Å². The van der Waals surface area contributed by atoms with E-state index in [0.29, 0.717) is 23.4 Å². The molecule has 0 aromatic heterocycles. The van der Waals surface area contributed by atoms with Gasteiger partial charge in [0.2, 0.25) is 0 Å². The van der Waals surface area contributed by atoms with Gasteiger partial charge in [-0.15, -0.1) is 23.5 Å². The number of rotatable bonds is 16. The highest BCUT2D eigenvalue weighted by atomic mass is 32.2. The molecule has 242 valence electrons. The summed E-state index contributed by atoms with van der Waals surface area (Å²) in [5.74, 6) is -0.227. The molecule has 4 rings (SSSR count). The van der Waals surface area contributed by atoms with Gasteiger partial charge in [-0.2, -0.15) is 0 Å². The number of non-ortho nitro benzene ring substituents is 1. The van der Waals surface area contributed by atoms with Crippen molar-refractivity contribution in [1.82, 2.24) is 10.2 Å². The molecule has 1 N–H and O–H groups in total. The van der Waals surface area contributed by atoms with Crippen LogP contribution in [0.25, 0.3) is 0 Å². The van der Waals surface area contributed by atoms with Crippen molar-refractivity contribution in [3.63, 3.8) is 0 Å². The SMILES string of the molecule is COC(=O)C1=C(C)NC(C)=C(C(=O)OCCCN(CCSc2ccccc2)CCSc2ccccc2)C1c1cccc([N+](=O)[O-])c1. The number of methoxy groups -OCH3 is 1. The second kappa shape index (κ2) is 17.6. The Morgan fingerprint density at radius 1 is 0.826 bits per heavy atom. The molecule has 1 aliphatic heterocycles. The number of ether oxygens (including phenoxy) is 2. The van der Waals surface area contributed by atoms with Gasteiger partial charge in [-0.25, -0.2) is 9.59 Å². The third-order valence-corrected chi connectivity index (χ3v) is 9.48. The number of dihydropyridines is 1. The monoisotopic (exact) mass is 661 g/mol. The van der Waals surface area contributed by atoms with Crippen LogP contribution in [0.5, 0.6) is 0 Å². The van der Waals surface area contributed by atoms with Gasteiger partial charge in [0.25, 0.3) is 5.69 Å². The summed E-state index contributed by atoms with van der Waals surface area (Å²) in [5.41, 5.74) is 1.75. The molecule has 0 spiro atoms. The Bertz CT molecular complexity index is 1520. The molecular formula is C35H39N3O6S2. The average molecular weight is 662 g/mol. The number of benzene rings is 3. The number of nitro benzene ring substituents is 1. The van der Waals surface area contributed by atoms with Gasteiger partial charge in [-0.05, 0) is 50.1 Å². The van der Waals surface area contributed by atoms with Gasteiger partial charge in [0.05, 0.1) is 35.7 Å². The standard InChI is InChI=1S/C35H39N3O6S2/c1-25-31(34(39)43-3)33(27-12-10-13-28(24-27)38(41)42)32(26(2)36-25)35(40)44-21-11-18-37(19-22-45-29-14-6-4-7-15-29)20-23-46-30-16-8-5-9-17-30/h4-10,12-17,24,33,36H,11,18-23H2,1-3H3. The Kier molecular flexibility index (Phi) is 13.3. The molecule has 1 heterocycles. The quantitative estimate of drug-likeness (QED) is 0.0577. The van der Waals surface area contributed by atoms with Crippen LogP contribution < -0.4 is 5.32 Å². The number of thioether (sulfide) groups is 2. The minimum Gasteiger partial charge on any atom is -0.466 e. The molecule has 0 saturated carbocycles. The molecule has 1 unspecified atom stereocenters. The highest BCUT2D eigenvalue weighted by Crippen LogP contribution is 2.40. The molecule has 11 heteroatoms. The fraction of sp³-hybridized carbons (Fsp3) is 0.314. The van der Waals surface area contributed by atoms with E-state index in [1.165, 1.54) is 29.0 Å². The van der Waals surface area contributed by atoms with E-state index >= 15 is 0 Å². The first-order valence-electron chi connectivity index (χ1n) is 15.0. The maximum Gasteiger partial charge on any atom is 0.336 e. The molecule has 9 nitrogen and oxygen atoms in total. The van der Waals surface area contributed by atoms with E-state index < -0.39 is 22.8 Å². The zero-order chi connectivity index (χ0) is 32.9. The molecular weight excluding hydrogens is 623 g/mol. The summed E-state index contributed by atoms with van der Waals surface area (Å²) in [6, 6.07) is 26.6. The summed E-state index contributed by atoms with van der Waals surface area (Å²) in [5, 5.41) is 14.6. The third kappa shape index (κ3) is 9.72. The maximum absolute atomic E-state index is 13.6. The van der Waals surface area contributed by atoms with Crippen LogP contribution in [0.15, 0.2) is 117 Å². The van der Waals surface area contributed by atoms with Crippen molar-refractivity contribution in [2.45, 2.75) is 36.0 Å². The molecule has 0 amide bonds. The highest BCUT2D eigenvalue weighted by molar-refractivity contribution is 7.99. The minimum atomic E-state index is -0.886.